The molecule has 0 aliphatic rings. The summed E-state index contributed by atoms with van der Waals surface area (Å²) in [4.78, 5) is 3.23. The Kier molecular flexibility index (Phi) is 2.83. The predicted octanol–water partition coefficient (Wildman–Crippen LogP) is 2.77. The molecule has 60 valence electrons. The lowest BCUT2D eigenvalue weighted by atomic mass is 10.2. The van der Waals surface area contributed by atoms with Crippen molar-refractivity contribution in [2.75, 3.05) is 0 Å². The van der Waals surface area contributed by atoms with Crippen LogP contribution in [0, 0.1) is 6.57 Å². The Balaban J connectivity index is 3.02. The molecule has 0 fully saturated rings. The molecule has 0 saturated heterocycles. The van der Waals surface area contributed by atoms with E-state index in [1.54, 1.807) is 24.3 Å². The third-order valence-electron chi connectivity index (χ3n) is 1.32. The first-order valence-corrected chi connectivity index (χ1v) is 3.92. The van der Waals surface area contributed by atoms with Crippen LogP contribution in [-0.2, 0) is 0 Å². The van der Waals surface area contributed by atoms with Crippen molar-refractivity contribution in [3.05, 3.63) is 41.2 Å². The van der Waals surface area contributed by atoms with Crippen molar-refractivity contribution in [2.24, 2.45) is 5.16 Å². The average Bonchev–Trinajstić information content (AvgIpc) is 2.17. The smallest absolute Gasteiger partial charge is 0.187 e. The maximum atomic E-state index is 8.40. The van der Waals surface area contributed by atoms with Crippen molar-refractivity contribution in [2.45, 2.75) is 0 Å². The highest BCUT2D eigenvalue weighted by molar-refractivity contribution is 9.18. The van der Waals surface area contributed by atoms with Gasteiger partial charge in [0.25, 0.3) is 0 Å². The van der Waals surface area contributed by atoms with Crippen LogP contribution in [0.4, 0.5) is 5.69 Å². The van der Waals surface area contributed by atoms with E-state index in [1.807, 2.05) is 0 Å². The Morgan fingerprint density at radius 3 is 2.42 bits per heavy atom. The molecule has 0 atom stereocenters. The number of nitrogens with zero attached hydrogens (tertiary/aromatic N) is 2. The van der Waals surface area contributed by atoms with E-state index in [9.17, 15) is 0 Å². The minimum atomic E-state index is 0.360. The van der Waals surface area contributed by atoms with Crippen LogP contribution >= 0.6 is 15.9 Å². The summed E-state index contributed by atoms with van der Waals surface area (Å²) in [5.41, 5.74) is 1.31. The van der Waals surface area contributed by atoms with E-state index in [0.29, 0.717) is 10.3 Å². The summed E-state index contributed by atoms with van der Waals surface area (Å²) >= 11 is 3.05. The molecule has 0 unspecified atom stereocenters. The molecule has 12 heavy (non-hydrogen) atoms. The number of hydrogen-bond donors (Lipinski definition) is 1. The molecule has 3 nitrogen and oxygen atoms in total. The largest absolute Gasteiger partial charge is 0.410 e. The van der Waals surface area contributed by atoms with E-state index in [1.165, 1.54) is 0 Å². The Bertz CT molecular complexity index is 337. The number of oxime groups is 1. The molecule has 1 rings (SSSR count). The van der Waals surface area contributed by atoms with Gasteiger partial charge in [0.15, 0.2) is 10.3 Å². The second-order valence-electron chi connectivity index (χ2n) is 2.05. The molecular weight excluding hydrogens is 220 g/mol. The quantitative estimate of drug-likeness (QED) is 0.339. The van der Waals surface area contributed by atoms with Gasteiger partial charge in [-0.15, -0.1) is 0 Å². The van der Waals surface area contributed by atoms with E-state index in [2.05, 4.69) is 25.9 Å². The average molecular weight is 225 g/mol. The molecule has 0 saturated carbocycles. The van der Waals surface area contributed by atoms with Gasteiger partial charge in [0.2, 0.25) is 0 Å². The fourth-order valence-electron chi connectivity index (χ4n) is 0.731. The van der Waals surface area contributed by atoms with Crippen molar-refractivity contribution in [1.29, 1.82) is 0 Å². The zero-order valence-electron chi connectivity index (χ0n) is 6.03. The highest BCUT2D eigenvalue weighted by atomic mass is 79.9. The van der Waals surface area contributed by atoms with Gasteiger partial charge in [-0.2, -0.15) is 0 Å². The summed E-state index contributed by atoms with van der Waals surface area (Å²) < 4.78 is 0.360. The Hall–Kier alpha value is -1.34. The summed E-state index contributed by atoms with van der Waals surface area (Å²) in [5, 5.41) is 11.4. The molecule has 1 aromatic carbocycles. The fourth-order valence-corrected chi connectivity index (χ4v) is 0.996. The Morgan fingerprint density at radius 1 is 1.42 bits per heavy atom. The van der Waals surface area contributed by atoms with Crippen LogP contribution in [0.15, 0.2) is 29.4 Å². The monoisotopic (exact) mass is 224 g/mol. The summed E-state index contributed by atoms with van der Waals surface area (Å²) in [5.74, 6) is 0. The molecule has 0 aliphatic heterocycles. The zero-order valence-corrected chi connectivity index (χ0v) is 7.62. The van der Waals surface area contributed by atoms with Gasteiger partial charge >= 0.3 is 0 Å². The van der Waals surface area contributed by atoms with E-state index < -0.39 is 0 Å². The predicted molar refractivity (Wildman–Crippen MR) is 50.0 cm³/mol. The topological polar surface area (TPSA) is 37.0 Å². The zero-order chi connectivity index (χ0) is 8.97. The number of benzene rings is 1. The first kappa shape index (κ1) is 8.75. The van der Waals surface area contributed by atoms with Crippen LogP contribution in [0.5, 0.6) is 0 Å². The van der Waals surface area contributed by atoms with Crippen molar-refractivity contribution >= 4 is 26.2 Å². The minimum Gasteiger partial charge on any atom is -0.410 e. The van der Waals surface area contributed by atoms with Gasteiger partial charge < -0.3 is 5.21 Å². The van der Waals surface area contributed by atoms with Gasteiger partial charge in [-0.1, -0.05) is 29.4 Å². The molecule has 4 heteroatoms. The molecule has 0 bridgehead atoms. The van der Waals surface area contributed by atoms with E-state index in [4.69, 9.17) is 11.8 Å². The first-order chi connectivity index (χ1) is 5.77. The van der Waals surface area contributed by atoms with Crippen LogP contribution in [0.1, 0.15) is 5.56 Å². The lowest BCUT2D eigenvalue weighted by Crippen LogP contribution is -1.87. The molecule has 0 spiro atoms. The molecule has 0 radical (unpaired) electrons. The number of halogens is 1. The van der Waals surface area contributed by atoms with E-state index in [0.717, 1.165) is 5.56 Å². The summed E-state index contributed by atoms with van der Waals surface area (Å²) in [6.45, 7) is 6.70. The molecule has 0 aromatic heterocycles. The van der Waals surface area contributed by atoms with Crippen molar-refractivity contribution in [3.63, 3.8) is 0 Å². The van der Waals surface area contributed by atoms with Crippen LogP contribution in [0.2, 0.25) is 0 Å². The van der Waals surface area contributed by atoms with Crippen molar-refractivity contribution < 1.29 is 5.21 Å². The van der Waals surface area contributed by atoms with Gasteiger partial charge in [-0.25, -0.2) is 4.85 Å². The normalized spacial score (nSPS) is 10.8. The fraction of sp³-hybridized carbons (Fsp3) is 0. The second-order valence-corrected chi connectivity index (χ2v) is 2.80. The van der Waals surface area contributed by atoms with Crippen LogP contribution in [0.3, 0.4) is 0 Å². The maximum absolute atomic E-state index is 8.40. The SMILES string of the molecule is [C-]#[N+]c1ccc(/C(Br)=N\O)cc1. The third kappa shape index (κ3) is 1.83. The molecule has 0 aliphatic carbocycles. The molecule has 1 N–H and O–H groups in total. The van der Waals surface area contributed by atoms with Gasteiger partial charge in [-0.3, -0.25) is 0 Å². The van der Waals surface area contributed by atoms with Gasteiger partial charge in [0, 0.05) is 5.56 Å². The number of hydrogen-bond acceptors (Lipinski definition) is 2. The molecule has 0 heterocycles. The lowest BCUT2D eigenvalue weighted by molar-refractivity contribution is 0.321. The molecular formula is C8H5BrN2O. The maximum Gasteiger partial charge on any atom is 0.187 e. The standard InChI is InChI=1S/C8H5BrN2O/c1-10-7-4-2-6(3-5-7)8(9)11-12/h2-5,12H/b11-8+. The highest BCUT2D eigenvalue weighted by Crippen LogP contribution is 2.14. The van der Waals surface area contributed by atoms with Crippen molar-refractivity contribution in [3.8, 4) is 0 Å². The highest BCUT2D eigenvalue weighted by Gasteiger charge is 1.98. The lowest BCUT2D eigenvalue weighted by Gasteiger charge is -1.95. The van der Waals surface area contributed by atoms with E-state index >= 15 is 0 Å². The Morgan fingerprint density at radius 2 is 2.00 bits per heavy atom. The minimum absolute atomic E-state index is 0.360. The van der Waals surface area contributed by atoms with E-state index in [-0.39, 0.29) is 0 Å². The summed E-state index contributed by atoms with van der Waals surface area (Å²) in [7, 11) is 0. The van der Waals surface area contributed by atoms with Gasteiger partial charge in [0.1, 0.15) is 0 Å². The Labute approximate surface area is 78.3 Å². The number of rotatable bonds is 1. The summed E-state index contributed by atoms with van der Waals surface area (Å²) in [6.07, 6.45) is 0. The van der Waals surface area contributed by atoms with Crippen LogP contribution in [0.25, 0.3) is 4.85 Å². The molecule has 0 amide bonds. The second kappa shape index (κ2) is 3.88. The van der Waals surface area contributed by atoms with Gasteiger partial charge in [-0.05, 0) is 15.9 Å². The first-order valence-electron chi connectivity index (χ1n) is 3.13. The van der Waals surface area contributed by atoms with Gasteiger partial charge in [0.05, 0.1) is 6.57 Å². The summed E-state index contributed by atoms with van der Waals surface area (Å²) in [6, 6.07) is 6.73. The van der Waals surface area contributed by atoms with Crippen LogP contribution in [-0.4, -0.2) is 9.83 Å². The third-order valence-corrected chi connectivity index (χ3v) is 1.94. The molecule has 1 aromatic rings. The van der Waals surface area contributed by atoms with Crippen molar-refractivity contribution in [1.82, 2.24) is 0 Å². The van der Waals surface area contributed by atoms with Crippen LogP contribution < -0.4 is 0 Å².